The normalized spacial score (nSPS) is 19.1. The highest BCUT2D eigenvalue weighted by Crippen LogP contribution is 2.39. The summed E-state index contributed by atoms with van der Waals surface area (Å²) in [7, 11) is -0.746. The van der Waals surface area contributed by atoms with Crippen molar-refractivity contribution in [3.8, 4) is 11.5 Å². The van der Waals surface area contributed by atoms with Crippen LogP contribution < -0.4 is 4.74 Å². The summed E-state index contributed by atoms with van der Waals surface area (Å²) in [5.74, 6) is 0.111. The fraction of sp³-hybridized carbons (Fsp3) is 0.500. The first-order valence-electron chi connectivity index (χ1n) is 8.27. The number of aliphatic hydroxyl groups excluding tert-OH is 1. The minimum Gasteiger partial charge on any atom is -0.504 e. The SMILES string of the molecule is CCOc1cc(C=O)cc(C=C(CO)B2OC(C)(C)C(C)(C)O2)c1O. The first-order valence-corrected chi connectivity index (χ1v) is 8.27. The molecule has 1 aliphatic rings. The Morgan fingerprint density at radius 2 is 1.84 bits per heavy atom. The standard InChI is InChI=1S/C18H25BO6/c1-6-23-15-8-12(10-20)7-13(16(15)22)9-14(11-21)19-24-17(2,3)18(4,5)25-19/h7-10,21-22H,6,11H2,1-5H3. The predicted molar refractivity (Wildman–Crippen MR) is 95.8 cm³/mol. The van der Waals surface area contributed by atoms with Gasteiger partial charge in [0.15, 0.2) is 11.5 Å². The molecule has 0 aliphatic carbocycles. The molecule has 0 radical (unpaired) electrons. The van der Waals surface area contributed by atoms with E-state index in [4.69, 9.17) is 14.0 Å². The maximum atomic E-state index is 11.2. The van der Waals surface area contributed by atoms with Gasteiger partial charge in [0.2, 0.25) is 0 Å². The van der Waals surface area contributed by atoms with Crippen molar-refractivity contribution >= 4 is 19.5 Å². The van der Waals surface area contributed by atoms with Gasteiger partial charge in [-0.2, -0.15) is 0 Å². The lowest BCUT2D eigenvalue weighted by Crippen LogP contribution is -2.41. The van der Waals surface area contributed by atoms with Crippen LogP contribution in [0.2, 0.25) is 0 Å². The van der Waals surface area contributed by atoms with Crippen LogP contribution in [-0.4, -0.2) is 48.0 Å². The molecule has 0 amide bonds. The number of aliphatic hydroxyl groups is 1. The molecule has 2 rings (SSSR count). The van der Waals surface area contributed by atoms with Crippen molar-refractivity contribution in [1.29, 1.82) is 0 Å². The van der Waals surface area contributed by atoms with Gasteiger partial charge in [-0.05, 0) is 52.2 Å². The van der Waals surface area contributed by atoms with E-state index in [1.165, 1.54) is 12.1 Å². The molecule has 0 bridgehead atoms. The van der Waals surface area contributed by atoms with Gasteiger partial charge in [0.05, 0.1) is 24.4 Å². The Labute approximate surface area is 148 Å². The van der Waals surface area contributed by atoms with E-state index in [1.54, 1.807) is 13.0 Å². The van der Waals surface area contributed by atoms with Gasteiger partial charge in [-0.1, -0.05) is 6.08 Å². The number of rotatable bonds is 6. The van der Waals surface area contributed by atoms with Gasteiger partial charge in [-0.25, -0.2) is 0 Å². The van der Waals surface area contributed by atoms with Crippen LogP contribution in [0.3, 0.4) is 0 Å². The van der Waals surface area contributed by atoms with Gasteiger partial charge in [0.25, 0.3) is 0 Å². The minimum atomic E-state index is -0.746. The second-order valence-electron chi connectivity index (χ2n) is 6.97. The number of hydrogen-bond donors (Lipinski definition) is 2. The van der Waals surface area contributed by atoms with E-state index < -0.39 is 18.3 Å². The summed E-state index contributed by atoms with van der Waals surface area (Å²) in [4.78, 5) is 11.2. The first kappa shape index (κ1) is 19.5. The molecule has 0 unspecified atom stereocenters. The number of aromatic hydroxyl groups is 1. The zero-order chi connectivity index (χ0) is 18.8. The van der Waals surface area contributed by atoms with E-state index in [-0.39, 0.29) is 18.1 Å². The molecule has 1 aromatic rings. The smallest absolute Gasteiger partial charge is 0.492 e. The quantitative estimate of drug-likeness (QED) is 0.607. The third kappa shape index (κ3) is 3.89. The third-order valence-electron chi connectivity index (χ3n) is 4.64. The molecule has 1 fully saturated rings. The number of ether oxygens (including phenoxy) is 1. The third-order valence-corrected chi connectivity index (χ3v) is 4.64. The Bertz CT molecular complexity index is 664. The summed E-state index contributed by atoms with van der Waals surface area (Å²) in [6, 6.07) is 2.99. The summed E-state index contributed by atoms with van der Waals surface area (Å²) in [6.45, 7) is 9.49. The Hall–Kier alpha value is -1.83. The Kier molecular flexibility index (Phi) is 5.61. The molecule has 136 valence electrons. The molecule has 0 aromatic heterocycles. The maximum Gasteiger partial charge on any atom is 0.492 e. The van der Waals surface area contributed by atoms with Crippen LogP contribution in [0.1, 0.15) is 50.5 Å². The van der Waals surface area contributed by atoms with Gasteiger partial charge < -0.3 is 24.3 Å². The van der Waals surface area contributed by atoms with Crippen LogP contribution in [0.4, 0.5) is 0 Å². The zero-order valence-electron chi connectivity index (χ0n) is 15.3. The van der Waals surface area contributed by atoms with Gasteiger partial charge in [0.1, 0.15) is 6.29 Å². The molecule has 6 nitrogen and oxygen atoms in total. The number of hydrogen-bond acceptors (Lipinski definition) is 6. The van der Waals surface area contributed by atoms with E-state index in [1.807, 2.05) is 27.7 Å². The average molecular weight is 348 g/mol. The van der Waals surface area contributed by atoms with Crippen molar-refractivity contribution in [2.24, 2.45) is 0 Å². The van der Waals surface area contributed by atoms with Crippen molar-refractivity contribution in [3.63, 3.8) is 0 Å². The van der Waals surface area contributed by atoms with E-state index >= 15 is 0 Å². The molecule has 7 heteroatoms. The van der Waals surface area contributed by atoms with Crippen molar-refractivity contribution in [2.75, 3.05) is 13.2 Å². The maximum absolute atomic E-state index is 11.2. The second-order valence-corrected chi connectivity index (χ2v) is 6.97. The monoisotopic (exact) mass is 348 g/mol. The van der Waals surface area contributed by atoms with Gasteiger partial charge in [-0.15, -0.1) is 0 Å². The molecule has 25 heavy (non-hydrogen) atoms. The fourth-order valence-electron chi connectivity index (χ4n) is 2.48. The molecule has 0 saturated carbocycles. The number of benzene rings is 1. The van der Waals surface area contributed by atoms with E-state index in [9.17, 15) is 15.0 Å². The number of phenolic OH excluding ortho intramolecular Hbond substituents is 1. The topological polar surface area (TPSA) is 85.2 Å². The van der Waals surface area contributed by atoms with E-state index in [0.717, 1.165) is 0 Å². The van der Waals surface area contributed by atoms with E-state index in [2.05, 4.69) is 0 Å². The average Bonchev–Trinajstić information content (AvgIpc) is 2.76. The summed E-state index contributed by atoms with van der Waals surface area (Å²) >= 11 is 0. The lowest BCUT2D eigenvalue weighted by molar-refractivity contribution is 0.00578. The zero-order valence-corrected chi connectivity index (χ0v) is 15.3. The fourth-order valence-corrected chi connectivity index (χ4v) is 2.48. The van der Waals surface area contributed by atoms with Crippen molar-refractivity contribution in [2.45, 2.75) is 45.8 Å². The number of carbonyl (C=O) groups excluding carboxylic acids is 1. The molecule has 1 heterocycles. The van der Waals surface area contributed by atoms with Crippen molar-refractivity contribution < 1.29 is 29.1 Å². The lowest BCUT2D eigenvalue weighted by Gasteiger charge is -2.32. The van der Waals surface area contributed by atoms with Gasteiger partial charge in [0, 0.05) is 11.1 Å². The summed E-state index contributed by atoms with van der Waals surface area (Å²) < 4.78 is 17.2. The summed E-state index contributed by atoms with van der Waals surface area (Å²) in [5, 5.41) is 20.2. The molecule has 2 N–H and O–H groups in total. The molecule has 1 aromatic carbocycles. The van der Waals surface area contributed by atoms with Gasteiger partial charge in [-0.3, -0.25) is 4.79 Å². The largest absolute Gasteiger partial charge is 0.504 e. The van der Waals surface area contributed by atoms with E-state index in [0.29, 0.717) is 29.5 Å². The first-order chi connectivity index (χ1) is 11.6. The molecule has 1 saturated heterocycles. The van der Waals surface area contributed by atoms with Crippen LogP contribution in [0.5, 0.6) is 11.5 Å². The van der Waals surface area contributed by atoms with Crippen LogP contribution in [0.15, 0.2) is 17.6 Å². The van der Waals surface area contributed by atoms with Crippen molar-refractivity contribution in [1.82, 2.24) is 0 Å². The Morgan fingerprint density at radius 3 is 2.32 bits per heavy atom. The lowest BCUT2D eigenvalue weighted by atomic mass is 9.77. The van der Waals surface area contributed by atoms with Crippen LogP contribution >= 0.6 is 0 Å². The minimum absolute atomic E-state index is 0.102. The van der Waals surface area contributed by atoms with Crippen molar-refractivity contribution in [3.05, 3.63) is 28.7 Å². The van der Waals surface area contributed by atoms with Crippen LogP contribution in [0, 0.1) is 0 Å². The molecule has 0 spiro atoms. The molecule has 0 atom stereocenters. The summed E-state index contributed by atoms with van der Waals surface area (Å²) in [5.41, 5.74) is 0.0643. The molecular weight excluding hydrogens is 323 g/mol. The predicted octanol–water partition coefficient (Wildman–Crippen LogP) is 2.61. The second kappa shape index (κ2) is 7.19. The molecular formula is C18H25BO6. The van der Waals surface area contributed by atoms with Crippen LogP contribution in [0.25, 0.3) is 6.08 Å². The number of carbonyl (C=O) groups is 1. The number of aldehydes is 1. The highest BCUT2D eigenvalue weighted by molar-refractivity contribution is 6.55. The Balaban J connectivity index is 2.43. The van der Waals surface area contributed by atoms with Gasteiger partial charge >= 0.3 is 7.12 Å². The number of phenols is 1. The van der Waals surface area contributed by atoms with Crippen LogP contribution in [-0.2, 0) is 9.31 Å². The summed E-state index contributed by atoms with van der Waals surface area (Å²) in [6.07, 6.45) is 2.24. The molecule has 1 aliphatic heterocycles. The highest BCUT2D eigenvalue weighted by Gasteiger charge is 2.52. The Morgan fingerprint density at radius 1 is 1.24 bits per heavy atom. The highest BCUT2D eigenvalue weighted by atomic mass is 16.7.